The van der Waals surface area contributed by atoms with Crippen molar-refractivity contribution >= 4 is 0 Å². The molecule has 1 heterocycles. The van der Waals surface area contributed by atoms with E-state index in [1.807, 2.05) is 6.07 Å². The van der Waals surface area contributed by atoms with E-state index < -0.39 is 0 Å². The number of aryl methyl sites for hydroxylation is 1. The van der Waals surface area contributed by atoms with Gasteiger partial charge < -0.3 is 14.5 Å². The average Bonchev–Trinajstić information content (AvgIpc) is 2.88. The highest BCUT2D eigenvalue weighted by atomic mass is 19.1. The zero-order chi connectivity index (χ0) is 15.2. The van der Waals surface area contributed by atoms with Gasteiger partial charge in [0, 0.05) is 12.1 Å². The highest BCUT2D eigenvalue weighted by Crippen LogP contribution is 2.21. The quantitative estimate of drug-likeness (QED) is 0.835. The summed E-state index contributed by atoms with van der Waals surface area (Å²) in [4.78, 5) is 0. The molecule has 1 aromatic carbocycles. The molecule has 4 heteroatoms. The number of hydrogen-bond acceptors (Lipinski definition) is 3. The Morgan fingerprint density at radius 2 is 2.14 bits per heavy atom. The van der Waals surface area contributed by atoms with Crippen molar-refractivity contribution in [2.24, 2.45) is 5.92 Å². The average molecular weight is 291 g/mol. The van der Waals surface area contributed by atoms with Gasteiger partial charge >= 0.3 is 0 Å². The number of benzene rings is 1. The summed E-state index contributed by atoms with van der Waals surface area (Å²) in [6.07, 6.45) is 1.71. The zero-order valence-electron chi connectivity index (χ0n) is 12.8. The lowest BCUT2D eigenvalue weighted by molar-refractivity contribution is 0.258. The van der Waals surface area contributed by atoms with Gasteiger partial charge in [0.25, 0.3) is 0 Å². The van der Waals surface area contributed by atoms with E-state index in [1.54, 1.807) is 31.4 Å². The fraction of sp³-hybridized carbons (Fsp3) is 0.412. The van der Waals surface area contributed by atoms with Crippen molar-refractivity contribution in [3.8, 4) is 5.75 Å². The molecule has 114 valence electrons. The molecule has 0 radical (unpaired) electrons. The van der Waals surface area contributed by atoms with Crippen molar-refractivity contribution in [1.29, 1.82) is 0 Å². The van der Waals surface area contributed by atoms with E-state index in [4.69, 9.17) is 9.15 Å². The van der Waals surface area contributed by atoms with Gasteiger partial charge in [-0.1, -0.05) is 26.0 Å². The first kappa shape index (κ1) is 15.6. The molecule has 0 fully saturated rings. The zero-order valence-corrected chi connectivity index (χ0v) is 12.8. The van der Waals surface area contributed by atoms with E-state index in [-0.39, 0.29) is 18.2 Å². The van der Waals surface area contributed by atoms with Crippen molar-refractivity contribution in [3.63, 3.8) is 0 Å². The maximum atomic E-state index is 13.8. The lowest BCUT2D eigenvalue weighted by atomic mass is 10.2. The lowest BCUT2D eigenvalue weighted by Gasteiger charge is -2.06. The van der Waals surface area contributed by atoms with E-state index in [2.05, 4.69) is 19.2 Å². The Morgan fingerprint density at radius 1 is 1.33 bits per heavy atom. The SMILES string of the molecule is Cc1cccc(OCc2cc(CNCC(C)C)co2)c1F. The summed E-state index contributed by atoms with van der Waals surface area (Å²) in [5, 5.41) is 3.34. The van der Waals surface area contributed by atoms with Gasteiger partial charge in [-0.2, -0.15) is 0 Å². The summed E-state index contributed by atoms with van der Waals surface area (Å²) in [5.74, 6) is 1.25. The minimum absolute atomic E-state index is 0.227. The monoisotopic (exact) mass is 291 g/mol. The number of hydrogen-bond donors (Lipinski definition) is 1. The minimum atomic E-state index is -0.317. The maximum Gasteiger partial charge on any atom is 0.167 e. The van der Waals surface area contributed by atoms with Crippen molar-refractivity contribution in [1.82, 2.24) is 5.32 Å². The third-order valence-electron chi connectivity index (χ3n) is 3.12. The molecule has 3 nitrogen and oxygen atoms in total. The molecular formula is C17H22FNO2. The van der Waals surface area contributed by atoms with Crippen LogP contribution in [0.15, 0.2) is 34.9 Å². The van der Waals surface area contributed by atoms with Crippen molar-refractivity contribution in [3.05, 3.63) is 53.2 Å². The first-order valence-electron chi connectivity index (χ1n) is 7.21. The van der Waals surface area contributed by atoms with E-state index >= 15 is 0 Å². The van der Waals surface area contributed by atoms with E-state index in [0.717, 1.165) is 18.7 Å². The number of rotatable bonds is 7. The molecule has 21 heavy (non-hydrogen) atoms. The minimum Gasteiger partial charge on any atom is -0.483 e. The lowest BCUT2D eigenvalue weighted by Crippen LogP contribution is -2.18. The second-order valence-electron chi connectivity index (χ2n) is 5.62. The van der Waals surface area contributed by atoms with Crippen LogP contribution < -0.4 is 10.1 Å². The van der Waals surface area contributed by atoms with Gasteiger partial charge in [0.15, 0.2) is 11.6 Å². The molecule has 0 saturated carbocycles. The van der Waals surface area contributed by atoms with Crippen LogP contribution >= 0.6 is 0 Å². The summed E-state index contributed by atoms with van der Waals surface area (Å²) in [7, 11) is 0. The first-order chi connectivity index (χ1) is 10.1. The molecule has 0 bridgehead atoms. The van der Waals surface area contributed by atoms with Crippen LogP contribution in [0.5, 0.6) is 5.75 Å². The molecular weight excluding hydrogens is 269 g/mol. The Kier molecular flexibility index (Phi) is 5.39. The fourth-order valence-electron chi connectivity index (χ4n) is 1.98. The van der Waals surface area contributed by atoms with E-state index in [0.29, 0.717) is 17.2 Å². The summed E-state index contributed by atoms with van der Waals surface area (Å²) >= 11 is 0. The normalized spacial score (nSPS) is 11.1. The van der Waals surface area contributed by atoms with Crippen LogP contribution in [0.2, 0.25) is 0 Å². The van der Waals surface area contributed by atoms with Crippen LogP contribution in [0.1, 0.15) is 30.7 Å². The Morgan fingerprint density at radius 3 is 2.90 bits per heavy atom. The summed E-state index contributed by atoms with van der Waals surface area (Å²) in [6.45, 7) is 8.00. The topological polar surface area (TPSA) is 34.4 Å². The van der Waals surface area contributed by atoms with Gasteiger partial charge in [-0.3, -0.25) is 0 Å². The second-order valence-corrected chi connectivity index (χ2v) is 5.62. The largest absolute Gasteiger partial charge is 0.483 e. The van der Waals surface area contributed by atoms with E-state index in [1.165, 1.54) is 0 Å². The molecule has 0 atom stereocenters. The molecule has 1 aromatic heterocycles. The Hall–Kier alpha value is -1.81. The summed E-state index contributed by atoms with van der Waals surface area (Å²) < 4.78 is 24.7. The van der Waals surface area contributed by atoms with Crippen molar-refractivity contribution in [2.75, 3.05) is 6.54 Å². The van der Waals surface area contributed by atoms with Crippen LogP contribution in [0.4, 0.5) is 4.39 Å². The number of furan rings is 1. The molecule has 0 aliphatic carbocycles. The van der Waals surface area contributed by atoms with Crippen LogP contribution in [0.25, 0.3) is 0 Å². The van der Waals surface area contributed by atoms with Gasteiger partial charge in [0.2, 0.25) is 0 Å². The third kappa shape index (κ3) is 4.60. The van der Waals surface area contributed by atoms with Crippen LogP contribution in [-0.2, 0) is 13.2 Å². The summed E-state index contributed by atoms with van der Waals surface area (Å²) in [5.41, 5.74) is 1.64. The van der Waals surface area contributed by atoms with Gasteiger partial charge in [0.05, 0.1) is 6.26 Å². The highest BCUT2D eigenvalue weighted by molar-refractivity contribution is 5.30. The van der Waals surface area contributed by atoms with Gasteiger partial charge in [-0.25, -0.2) is 4.39 Å². The number of nitrogens with one attached hydrogen (secondary N) is 1. The molecule has 2 aromatic rings. The predicted molar refractivity (Wildman–Crippen MR) is 80.7 cm³/mol. The Balaban J connectivity index is 1.86. The van der Waals surface area contributed by atoms with Crippen molar-refractivity contribution < 1.29 is 13.5 Å². The second kappa shape index (κ2) is 7.27. The van der Waals surface area contributed by atoms with Crippen molar-refractivity contribution in [2.45, 2.75) is 33.9 Å². The van der Waals surface area contributed by atoms with Crippen LogP contribution in [-0.4, -0.2) is 6.54 Å². The number of ether oxygens (including phenoxy) is 1. The Labute approximate surface area is 125 Å². The smallest absolute Gasteiger partial charge is 0.167 e. The molecule has 0 unspecified atom stereocenters. The molecule has 0 amide bonds. The maximum absolute atomic E-state index is 13.8. The third-order valence-corrected chi connectivity index (χ3v) is 3.12. The molecule has 0 aliphatic heterocycles. The Bertz CT molecular complexity index is 578. The summed E-state index contributed by atoms with van der Waals surface area (Å²) in [6, 6.07) is 7.04. The molecule has 0 aliphatic rings. The predicted octanol–water partition coefficient (Wildman–Crippen LogP) is 4.05. The van der Waals surface area contributed by atoms with Gasteiger partial charge in [-0.05, 0) is 37.1 Å². The van der Waals surface area contributed by atoms with Gasteiger partial charge in [0.1, 0.15) is 12.4 Å². The standard InChI is InChI=1S/C17H22FNO2/c1-12(2)8-19-9-14-7-15(20-10-14)11-21-16-6-4-5-13(3)17(16)18/h4-7,10,12,19H,8-9,11H2,1-3H3. The fourth-order valence-corrected chi connectivity index (χ4v) is 1.98. The van der Waals surface area contributed by atoms with Crippen LogP contribution in [0.3, 0.4) is 0 Å². The number of halogens is 1. The van der Waals surface area contributed by atoms with Gasteiger partial charge in [-0.15, -0.1) is 0 Å². The molecule has 0 spiro atoms. The molecule has 0 saturated heterocycles. The van der Waals surface area contributed by atoms with Crippen LogP contribution in [0, 0.1) is 18.7 Å². The first-order valence-corrected chi connectivity index (χ1v) is 7.21. The molecule has 1 N–H and O–H groups in total. The molecule has 2 rings (SSSR count). The van der Waals surface area contributed by atoms with E-state index in [9.17, 15) is 4.39 Å². The highest BCUT2D eigenvalue weighted by Gasteiger charge is 2.08.